The molecule has 0 fully saturated rings. The maximum atomic E-state index is 3.63. The van der Waals surface area contributed by atoms with E-state index in [0.717, 1.165) is 40.1 Å². The fourth-order valence-corrected chi connectivity index (χ4v) is 5.12. The summed E-state index contributed by atoms with van der Waals surface area (Å²) in [5, 5.41) is 0. The summed E-state index contributed by atoms with van der Waals surface area (Å²) in [6.07, 6.45) is 0. The minimum Gasteiger partial charge on any atom is -0.129 e. The Morgan fingerprint density at radius 1 is 0.522 bits per heavy atom. The third-order valence-electron chi connectivity index (χ3n) is 3.26. The molecule has 5 heteroatoms. The molecule has 0 radical (unpaired) electrons. The van der Waals surface area contributed by atoms with Gasteiger partial charge in [0.25, 0.3) is 0 Å². The molecule has 0 aromatic heterocycles. The van der Waals surface area contributed by atoms with Gasteiger partial charge in [0.2, 0.25) is 0 Å². The molecule has 3 aromatic carbocycles. The number of benzene rings is 3. The molecule has 3 aromatic rings. The molecular formula is C18H9Br4Li. The summed E-state index contributed by atoms with van der Waals surface area (Å²) in [5.41, 5.74) is 4.29. The fraction of sp³-hybridized carbons (Fsp3) is 0. The van der Waals surface area contributed by atoms with Crippen molar-refractivity contribution < 1.29 is 18.9 Å². The second-order valence-corrected chi connectivity index (χ2v) is 8.09. The van der Waals surface area contributed by atoms with E-state index in [9.17, 15) is 0 Å². The zero-order valence-electron chi connectivity index (χ0n) is 12.2. The minimum absolute atomic E-state index is 0. The molecule has 0 atom stereocenters. The first-order valence-corrected chi connectivity index (χ1v) is 9.66. The van der Waals surface area contributed by atoms with Crippen LogP contribution in [0.1, 0.15) is 0 Å². The molecule has 0 bridgehead atoms. The Balaban J connectivity index is 0.00000192. The van der Waals surface area contributed by atoms with Crippen molar-refractivity contribution in [2.24, 2.45) is 0 Å². The third kappa shape index (κ3) is 4.23. The molecule has 0 saturated carbocycles. The van der Waals surface area contributed by atoms with Crippen LogP contribution in [0, 0.1) is 6.07 Å². The second-order valence-electron chi connectivity index (χ2n) is 4.67. The largest absolute Gasteiger partial charge is 1.00 e. The van der Waals surface area contributed by atoms with Gasteiger partial charge in [0.1, 0.15) is 0 Å². The molecule has 0 unspecified atom stereocenters. The monoisotopic (exact) mass is 548 g/mol. The summed E-state index contributed by atoms with van der Waals surface area (Å²) < 4.78 is 4.17. The van der Waals surface area contributed by atoms with Crippen LogP contribution in [-0.4, -0.2) is 0 Å². The standard InChI is InChI=1S/C18H9Br4.Li/c19-13-6-2-7-14(20)17(13)11-4-1-5-12(10-11)18-15(21)8-3-9-16(18)22;/h1-9H;/q-1;+1. The van der Waals surface area contributed by atoms with Crippen LogP contribution in [0.5, 0.6) is 0 Å². The Kier molecular flexibility index (Phi) is 7.22. The van der Waals surface area contributed by atoms with Gasteiger partial charge in [-0.05, 0) is 17.9 Å². The van der Waals surface area contributed by atoms with Crippen molar-refractivity contribution in [1.29, 1.82) is 0 Å². The van der Waals surface area contributed by atoms with E-state index in [4.69, 9.17) is 0 Å². The van der Waals surface area contributed by atoms with E-state index in [0.29, 0.717) is 0 Å². The summed E-state index contributed by atoms with van der Waals surface area (Å²) in [6, 6.07) is 21.9. The molecule has 0 aliphatic heterocycles. The zero-order chi connectivity index (χ0) is 15.7. The first-order valence-electron chi connectivity index (χ1n) is 6.49. The van der Waals surface area contributed by atoms with E-state index in [1.54, 1.807) is 0 Å². The average Bonchev–Trinajstić information content (AvgIpc) is 2.47. The number of halogens is 4. The van der Waals surface area contributed by atoms with Crippen molar-refractivity contribution in [3.05, 3.63) is 78.6 Å². The van der Waals surface area contributed by atoms with Crippen molar-refractivity contribution in [2.45, 2.75) is 0 Å². The van der Waals surface area contributed by atoms with Gasteiger partial charge >= 0.3 is 18.9 Å². The third-order valence-corrected chi connectivity index (χ3v) is 5.90. The minimum atomic E-state index is 0. The maximum absolute atomic E-state index is 3.63. The van der Waals surface area contributed by atoms with E-state index >= 15 is 0 Å². The Morgan fingerprint density at radius 2 is 0.826 bits per heavy atom. The van der Waals surface area contributed by atoms with E-state index in [-0.39, 0.29) is 18.9 Å². The van der Waals surface area contributed by atoms with Gasteiger partial charge in [-0.1, -0.05) is 111 Å². The van der Waals surface area contributed by atoms with Gasteiger partial charge in [0.05, 0.1) is 0 Å². The predicted molar refractivity (Wildman–Crippen MR) is 107 cm³/mol. The van der Waals surface area contributed by atoms with Crippen LogP contribution in [0.3, 0.4) is 0 Å². The molecule has 0 heterocycles. The summed E-state index contributed by atoms with van der Waals surface area (Å²) in [5.74, 6) is 0. The maximum Gasteiger partial charge on any atom is 1.00 e. The molecule has 0 aliphatic carbocycles. The average molecular weight is 552 g/mol. The van der Waals surface area contributed by atoms with E-state index < -0.39 is 0 Å². The Labute approximate surface area is 181 Å². The molecule has 0 spiro atoms. The quantitative estimate of drug-likeness (QED) is 0.315. The van der Waals surface area contributed by atoms with Crippen LogP contribution in [0.2, 0.25) is 0 Å². The molecule has 0 aliphatic rings. The molecule has 3 rings (SSSR count). The van der Waals surface area contributed by atoms with Gasteiger partial charge in [0, 0.05) is 0 Å². The normalized spacial score (nSPS) is 10.3. The van der Waals surface area contributed by atoms with Gasteiger partial charge in [-0.3, -0.25) is 0 Å². The van der Waals surface area contributed by atoms with Gasteiger partial charge < -0.3 is 0 Å². The molecular weight excluding hydrogens is 543 g/mol. The van der Waals surface area contributed by atoms with E-state index in [2.05, 4.69) is 88.0 Å². The first-order chi connectivity index (χ1) is 10.6. The van der Waals surface area contributed by atoms with E-state index in [1.807, 2.05) is 36.4 Å². The van der Waals surface area contributed by atoms with Crippen LogP contribution in [-0.2, 0) is 0 Å². The van der Waals surface area contributed by atoms with Crippen LogP contribution in [0.25, 0.3) is 22.3 Å². The van der Waals surface area contributed by atoms with Crippen molar-refractivity contribution in [2.75, 3.05) is 0 Å². The molecule has 110 valence electrons. The fourth-order valence-electron chi connectivity index (χ4n) is 2.27. The van der Waals surface area contributed by atoms with Crippen LogP contribution < -0.4 is 18.9 Å². The second kappa shape index (κ2) is 8.51. The molecule has 0 nitrogen and oxygen atoms in total. The van der Waals surface area contributed by atoms with Gasteiger partial charge in [-0.25, -0.2) is 0 Å². The summed E-state index contributed by atoms with van der Waals surface area (Å²) in [6.45, 7) is 0. The SMILES string of the molecule is Brc1cccc(Br)c1-c1[c-]c(-c2c(Br)cccc2Br)ccc1.[Li+]. The Hall–Kier alpha value is 0.177. The number of hydrogen-bond acceptors (Lipinski definition) is 0. The van der Waals surface area contributed by atoms with Crippen molar-refractivity contribution in [3.63, 3.8) is 0 Å². The molecule has 23 heavy (non-hydrogen) atoms. The number of hydrogen-bond donors (Lipinski definition) is 0. The van der Waals surface area contributed by atoms with Crippen LogP contribution in [0.4, 0.5) is 0 Å². The van der Waals surface area contributed by atoms with Gasteiger partial charge in [0.15, 0.2) is 0 Å². The predicted octanol–water partition coefficient (Wildman–Crippen LogP) is 4.87. The first kappa shape index (κ1) is 19.5. The van der Waals surface area contributed by atoms with E-state index in [1.165, 1.54) is 0 Å². The van der Waals surface area contributed by atoms with Crippen molar-refractivity contribution in [1.82, 2.24) is 0 Å². The van der Waals surface area contributed by atoms with Crippen molar-refractivity contribution >= 4 is 63.7 Å². The van der Waals surface area contributed by atoms with Gasteiger partial charge in [-0.2, -0.15) is 0 Å². The summed E-state index contributed by atoms with van der Waals surface area (Å²) in [4.78, 5) is 0. The Morgan fingerprint density at radius 3 is 1.17 bits per heavy atom. The van der Waals surface area contributed by atoms with Crippen molar-refractivity contribution in [3.8, 4) is 22.3 Å². The summed E-state index contributed by atoms with van der Waals surface area (Å²) in [7, 11) is 0. The molecule has 0 saturated heterocycles. The zero-order valence-corrected chi connectivity index (χ0v) is 18.6. The topological polar surface area (TPSA) is 0 Å². The Bertz CT molecular complexity index is 739. The van der Waals surface area contributed by atoms with Crippen LogP contribution >= 0.6 is 63.7 Å². The summed E-state index contributed by atoms with van der Waals surface area (Å²) >= 11 is 14.5. The van der Waals surface area contributed by atoms with Crippen LogP contribution in [0.15, 0.2) is 72.5 Å². The smallest absolute Gasteiger partial charge is 0.129 e. The number of rotatable bonds is 2. The molecule has 0 N–H and O–H groups in total. The molecule has 0 amide bonds. The van der Waals surface area contributed by atoms with Gasteiger partial charge in [-0.15, -0.1) is 35.4 Å².